The Labute approximate surface area is 140 Å². The molecule has 2 heterocycles. The van der Waals surface area contributed by atoms with Crippen molar-refractivity contribution in [3.05, 3.63) is 51.7 Å². The molecule has 0 aliphatic carbocycles. The number of benzene rings is 1. The number of carbonyl (C=O) groups excluding carboxylic acids is 1. The number of thiophene rings is 1. The Bertz CT molecular complexity index is 736. The Hall–Kier alpha value is -2.27. The monoisotopic (exact) mass is 329 g/mol. The zero-order valence-corrected chi connectivity index (χ0v) is 14.1. The minimum atomic E-state index is -0.0207. The third kappa shape index (κ3) is 3.74. The van der Waals surface area contributed by atoms with Crippen LogP contribution in [0.2, 0.25) is 0 Å². The van der Waals surface area contributed by atoms with Crippen molar-refractivity contribution in [1.29, 1.82) is 0 Å². The quantitative estimate of drug-likeness (QED) is 0.806. The van der Waals surface area contributed by atoms with Crippen LogP contribution in [0.25, 0.3) is 6.08 Å². The van der Waals surface area contributed by atoms with Crippen molar-refractivity contribution in [3.63, 3.8) is 0 Å². The Morgan fingerprint density at radius 3 is 2.78 bits per heavy atom. The van der Waals surface area contributed by atoms with Crippen LogP contribution >= 0.6 is 11.3 Å². The molecule has 120 valence electrons. The van der Waals surface area contributed by atoms with Gasteiger partial charge in [0.25, 0.3) is 0 Å². The predicted molar refractivity (Wildman–Crippen MR) is 92.0 cm³/mol. The fourth-order valence-corrected chi connectivity index (χ4v) is 3.28. The molecule has 0 N–H and O–H groups in total. The summed E-state index contributed by atoms with van der Waals surface area (Å²) in [6.45, 7) is 3.83. The fraction of sp³-hybridized carbons (Fsp3) is 0.278. The summed E-state index contributed by atoms with van der Waals surface area (Å²) in [7, 11) is 1.82. The van der Waals surface area contributed by atoms with Gasteiger partial charge in [0.1, 0.15) is 13.2 Å². The minimum absolute atomic E-state index is 0.0207. The van der Waals surface area contributed by atoms with Crippen LogP contribution < -0.4 is 9.47 Å². The molecule has 1 aromatic heterocycles. The van der Waals surface area contributed by atoms with Gasteiger partial charge in [-0.15, -0.1) is 11.3 Å². The van der Waals surface area contributed by atoms with Crippen LogP contribution in [0.4, 0.5) is 0 Å². The van der Waals surface area contributed by atoms with Crippen molar-refractivity contribution in [3.8, 4) is 11.5 Å². The van der Waals surface area contributed by atoms with Gasteiger partial charge >= 0.3 is 0 Å². The number of fused-ring (bicyclic) bond motifs is 1. The predicted octanol–water partition coefficient (Wildman–Crippen LogP) is 3.50. The summed E-state index contributed by atoms with van der Waals surface area (Å²) in [5.41, 5.74) is 2.15. The highest BCUT2D eigenvalue weighted by Crippen LogP contribution is 2.31. The smallest absolute Gasteiger partial charge is 0.246 e. The van der Waals surface area contributed by atoms with Crippen LogP contribution in [0, 0.1) is 6.92 Å². The maximum absolute atomic E-state index is 12.2. The highest BCUT2D eigenvalue weighted by Gasteiger charge is 2.12. The van der Waals surface area contributed by atoms with Gasteiger partial charge in [0.2, 0.25) is 5.91 Å². The fourth-order valence-electron chi connectivity index (χ4n) is 2.32. The van der Waals surface area contributed by atoms with E-state index in [1.807, 2.05) is 30.6 Å². The number of rotatable bonds is 4. The molecule has 0 radical (unpaired) electrons. The van der Waals surface area contributed by atoms with Crippen LogP contribution in [0.15, 0.2) is 35.7 Å². The molecule has 0 unspecified atom stereocenters. The van der Waals surface area contributed by atoms with E-state index in [1.165, 1.54) is 10.4 Å². The lowest BCUT2D eigenvalue weighted by atomic mass is 10.1. The van der Waals surface area contributed by atoms with E-state index in [-0.39, 0.29) is 5.91 Å². The average molecular weight is 329 g/mol. The number of hydrogen-bond donors (Lipinski definition) is 0. The number of amides is 1. The van der Waals surface area contributed by atoms with Crippen molar-refractivity contribution >= 4 is 23.3 Å². The molecule has 23 heavy (non-hydrogen) atoms. The molecule has 3 rings (SSSR count). The van der Waals surface area contributed by atoms with Gasteiger partial charge in [0.05, 0.1) is 6.54 Å². The number of nitrogens with zero attached hydrogens (tertiary/aromatic N) is 1. The standard InChI is InChI=1S/C18H19NO3S/c1-13-7-10-23-17(13)12-19(2)18(20)6-4-14-3-5-15-16(11-14)22-9-8-21-15/h3-7,10-11H,8-9,12H2,1-2H3/b6-4+. The Balaban J connectivity index is 1.65. The van der Waals surface area contributed by atoms with Crippen LogP contribution in [-0.2, 0) is 11.3 Å². The van der Waals surface area contributed by atoms with Crippen molar-refractivity contribution in [2.24, 2.45) is 0 Å². The highest BCUT2D eigenvalue weighted by atomic mass is 32.1. The van der Waals surface area contributed by atoms with Crippen molar-refractivity contribution in [2.75, 3.05) is 20.3 Å². The summed E-state index contributed by atoms with van der Waals surface area (Å²) in [5, 5.41) is 2.05. The van der Waals surface area contributed by atoms with Crippen molar-refractivity contribution in [1.82, 2.24) is 4.90 Å². The lowest BCUT2D eigenvalue weighted by Gasteiger charge is -2.18. The first kappa shape index (κ1) is 15.6. The topological polar surface area (TPSA) is 38.8 Å². The average Bonchev–Trinajstić information content (AvgIpc) is 2.97. The summed E-state index contributed by atoms with van der Waals surface area (Å²) < 4.78 is 11.0. The maximum Gasteiger partial charge on any atom is 0.246 e. The number of hydrogen-bond acceptors (Lipinski definition) is 4. The van der Waals surface area contributed by atoms with E-state index in [0.717, 1.165) is 17.1 Å². The van der Waals surface area contributed by atoms with Crippen LogP contribution in [0.5, 0.6) is 11.5 Å². The molecule has 0 saturated heterocycles. The first-order valence-electron chi connectivity index (χ1n) is 7.49. The molecule has 0 saturated carbocycles. The number of ether oxygens (including phenoxy) is 2. The van der Waals surface area contributed by atoms with Crippen LogP contribution in [-0.4, -0.2) is 31.1 Å². The molecule has 0 atom stereocenters. The van der Waals surface area contributed by atoms with E-state index in [1.54, 1.807) is 28.4 Å². The number of aryl methyl sites for hydroxylation is 1. The van der Waals surface area contributed by atoms with E-state index >= 15 is 0 Å². The molecule has 1 aliphatic rings. The van der Waals surface area contributed by atoms with Gasteiger partial charge in [0, 0.05) is 18.0 Å². The van der Waals surface area contributed by atoms with Gasteiger partial charge < -0.3 is 14.4 Å². The summed E-state index contributed by atoms with van der Waals surface area (Å²) in [6, 6.07) is 7.75. The van der Waals surface area contributed by atoms with E-state index in [4.69, 9.17) is 9.47 Å². The minimum Gasteiger partial charge on any atom is -0.486 e. The first-order valence-corrected chi connectivity index (χ1v) is 8.37. The van der Waals surface area contributed by atoms with E-state index in [0.29, 0.717) is 19.8 Å². The Morgan fingerprint density at radius 2 is 2.04 bits per heavy atom. The van der Waals surface area contributed by atoms with Crippen molar-refractivity contribution < 1.29 is 14.3 Å². The Kier molecular flexibility index (Phi) is 4.67. The zero-order chi connectivity index (χ0) is 16.2. The summed E-state index contributed by atoms with van der Waals surface area (Å²) in [4.78, 5) is 15.2. The summed E-state index contributed by atoms with van der Waals surface area (Å²) in [6.07, 6.45) is 3.40. The largest absolute Gasteiger partial charge is 0.486 e. The molecule has 1 aromatic carbocycles. The number of likely N-dealkylation sites (N-methyl/N-ethyl adjacent to an activating group) is 1. The molecule has 1 aliphatic heterocycles. The molecular formula is C18H19NO3S. The first-order chi connectivity index (χ1) is 11.1. The molecular weight excluding hydrogens is 310 g/mol. The van der Waals surface area contributed by atoms with Gasteiger partial charge in [-0.1, -0.05) is 6.07 Å². The second-order valence-corrected chi connectivity index (χ2v) is 6.46. The molecule has 2 aromatic rings. The second kappa shape index (κ2) is 6.87. The lowest BCUT2D eigenvalue weighted by Crippen LogP contribution is -2.23. The van der Waals surface area contributed by atoms with Gasteiger partial charge in [-0.2, -0.15) is 0 Å². The lowest BCUT2D eigenvalue weighted by molar-refractivity contribution is -0.125. The van der Waals surface area contributed by atoms with E-state index in [2.05, 4.69) is 13.0 Å². The van der Waals surface area contributed by atoms with E-state index in [9.17, 15) is 4.79 Å². The molecule has 5 heteroatoms. The third-order valence-electron chi connectivity index (χ3n) is 3.71. The highest BCUT2D eigenvalue weighted by molar-refractivity contribution is 7.10. The van der Waals surface area contributed by atoms with Gasteiger partial charge in [0.15, 0.2) is 11.5 Å². The molecule has 4 nitrogen and oxygen atoms in total. The second-order valence-electron chi connectivity index (χ2n) is 5.46. The number of carbonyl (C=O) groups is 1. The molecule has 0 fully saturated rings. The molecule has 0 bridgehead atoms. The summed E-state index contributed by atoms with van der Waals surface area (Å²) >= 11 is 1.68. The van der Waals surface area contributed by atoms with Crippen LogP contribution in [0.3, 0.4) is 0 Å². The van der Waals surface area contributed by atoms with Crippen molar-refractivity contribution in [2.45, 2.75) is 13.5 Å². The Morgan fingerprint density at radius 1 is 1.26 bits per heavy atom. The third-order valence-corrected chi connectivity index (χ3v) is 4.72. The zero-order valence-electron chi connectivity index (χ0n) is 13.2. The van der Waals surface area contributed by atoms with Crippen LogP contribution in [0.1, 0.15) is 16.0 Å². The maximum atomic E-state index is 12.2. The van der Waals surface area contributed by atoms with Gasteiger partial charge in [-0.3, -0.25) is 4.79 Å². The normalized spacial score (nSPS) is 13.3. The van der Waals surface area contributed by atoms with E-state index < -0.39 is 0 Å². The summed E-state index contributed by atoms with van der Waals surface area (Å²) in [5.74, 6) is 1.46. The SMILES string of the molecule is Cc1ccsc1CN(C)C(=O)/C=C/c1ccc2c(c1)OCCO2. The van der Waals surface area contributed by atoms with Gasteiger partial charge in [-0.25, -0.2) is 0 Å². The molecule has 1 amide bonds. The van der Waals surface area contributed by atoms with Gasteiger partial charge in [-0.05, 0) is 47.7 Å². The molecule has 0 spiro atoms.